The highest BCUT2D eigenvalue weighted by Crippen LogP contribution is 2.46. The molecule has 0 bridgehead atoms. The number of allylic oxidation sites excluding steroid dienone is 10. The van der Waals surface area contributed by atoms with Crippen LogP contribution >= 0.6 is 0 Å². The van der Waals surface area contributed by atoms with Gasteiger partial charge in [0.15, 0.2) is 0 Å². The summed E-state index contributed by atoms with van der Waals surface area (Å²) in [6.07, 6.45) is 8.67. The summed E-state index contributed by atoms with van der Waals surface area (Å²) in [5.74, 6) is 0. The largest absolute Gasteiger partial charge is 0.306 e. The van der Waals surface area contributed by atoms with Gasteiger partial charge in [-0.2, -0.15) is 0 Å². The predicted molar refractivity (Wildman–Crippen MR) is 111 cm³/mol. The SMILES string of the molecule is CC(=N)/C=C(\C1=C2C(C)=CC(c3ccccc3)=C2C=C1)c1ccccc1. The fourth-order valence-electron chi connectivity index (χ4n) is 3.73. The molecular weight excluding hydrogens is 314 g/mol. The first-order valence-corrected chi connectivity index (χ1v) is 8.89. The molecule has 4 rings (SSSR count). The van der Waals surface area contributed by atoms with Gasteiger partial charge in [0.05, 0.1) is 0 Å². The predicted octanol–water partition coefficient (Wildman–Crippen LogP) is 6.39. The van der Waals surface area contributed by atoms with Crippen LogP contribution in [0.3, 0.4) is 0 Å². The van der Waals surface area contributed by atoms with Crippen LogP contribution in [-0.4, -0.2) is 5.71 Å². The lowest BCUT2D eigenvalue weighted by Crippen LogP contribution is -1.95. The molecule has 0 spiro atoms. The van der Waals surface area contributed by atoms with Crippen LogP contribution in [0.2, 0.25) is 0 Å². The van der Waals surface area contributed by atoms with Crippen LogP contribution in [0, 0.1) is 5.41 Å². The molecule has 2 aliphatic carbocycles. The van der Waals surface area contributed by atoms with Gasteiger partial charge in [0.2, 0.25) is 0 Å². The maximum absolute atomic E-state index is 8.00. The second-order valence-corrected chi connectivity index (χ2v) is 6.75. The van der Waals surface area contributed by atoms with Gasteiger partial charge in [-0.1, -0.05) is 78.9 Å². The van der Waals surface area contributed by atoms with Crippen molar-refractivity contribution in [3.8, 4) is 0 Å². The highest BCUT2D eigenvalue weighted by atomic mass is 14.4. The third-order valence-corrected chi connectivity index (χ3v) is 4.82. The number of nitrogens with one attached hydrogen (secondary N) is 1. The van der Waals surface area contributed by atoms with E-state index in [-0.39, 0.29) is 0 Å². The first-order chi connectivity index (χ1) is 12.6. The summed E-state index contributed by atoms with van der Waals surface area (Å²) in [7, 11) is 0. The van der Waals surface area contributed by atoms with Gasteiger partial charge in [-0.15, -0.1) is 0 Å². The third kappa shape index (κ3) is 2.82. The Bertz CT molecular complexity index is 1030. The smallest absolute Gasteiger partial charge is 0.0289 e. The summed E-state index contributed by atoms with van der Waals surface area (Å²) in [6, 6.07) is 20.9. The highest BCUT2D eigenvalue weighted by molar-refractivity contribution is 6.04. The van der Waals surface area contributed by atoms with Crippen molar-refractivity contribution in [1.29, 1.82) is 5.41 Å². The van der Waals surface area contributed by atoms with Crippen molar-refractivity contribution in [3.63, 3.8) is 0 Å². The topological polar surface area (TPSA) is 23.9 Å². The molecule has 1 nitrogen and oxygen atoms in total. The van der Waals surface area contributed by atoms with E-state index >= 15 is 0 Å². The van der Waals surface area contributed by atoms with E-state index in [1.165, 1.54) is 33.4 Å². The molecule has 0 saturated heterocycles. The highest BCUT2D eigenvalue weighted by Gasteiger charge is 2.26. The quantitative estimate of drug-likeness (QED) is 0.626. The van der Waals surface area contributed by atoms with E-state index in [4.69, 9.17) is 5.41 Å². The van der Waals surface area contributed by atoms with Gasteiger partial charge in [-0.3, -0.25) is 0 Å². The standard InChI is InChI=1S/C25H21N/c1-17-15-23(19-9-5-3-6-10-19)21-13-14-22(25(17)21)24(16-18(2)26)20-11-7-4-8-12-20/h3-16,26H,1-2H3/b24-16-,26-18?. The fourth-order valence-corrected chi connectivity index (χ4v) is 3.73. The Morgan fingerprint density at radius 1 is 0.846 bits per heavy atom. The van der Waals surface area contributed by atoms with Crippen molar-refractivity contribution in [1.82, 2.24) is 0 Å². The normalized spacial score (nSPS) is 16.2. The molecule has 0 heterocycles. The lowest BCUT2D eigenvalue weighted by atomic mass is 9.92. The third-order valence-electron chi connectivity index (χ3n) is 4.82. The number of rotatable bonds is 4. The monoisotopic (exact) mass is 335 g/mol. The maximum Gasteiger partial charge on any atom is 0.0289 e. The second-order valence-electron chi connectivity index (χ2n) is 6.75. The Morgan fingerprint density at radius 2 is 1.50 bits per heavy atom. The Hall–Kier alpha value is -3.19. The molecule has 0 aromatic heterocycles. The van der Waals surface area contributed by atoms with E-state index in [2.05, 4.69) is 79.7 Å². The molecule has 2 aromatic rings. The van der Waals surface area contributed by atoms with Gasteiger partial charge < -0.3 is 5.41 Å². The Balaban J connectivity index is 1.90. The van der Waals surface area contributed by atoms with Gasteiger partial charge >= 0.3 is 0 Å². The average molecular weight is 335 g/mol. The number of hydrogen-bond acceptors (Lipinski definition) is 1. The van der Waals surface area contributed by atoms with Gasteiger partial charge in [-0.05, 0) is 64.5 Å². The van der Waals surface area contributed by atoms with Gasteiger partial charge in [0, 0.05) is 5.71 Å². The molecule has 0 unspecified atom stereocenters. The molecule has 0 aliphatic heterocycles. The van der Waals surface area contributed by atoms with E-state index in [1.807, 2.05) is 19.1 Å². The Morgan fingerprint density at radius 3 is 2.15 bits per heavy atom. The summed E-state index contributed by atoms with van der Waals surface area (Å²) in [6.45, 7) is 4.01. The summed E-state index contributed by atoms with van der Waals surface area (Å²) >= 11 is 0. The molecular formula is C25H21N. The van der Waals surface area contributed by atoms with Crippen LogP contribution in [0.15, 0.2) is 107 Å². The van der Waals surface area contributed by atoms with Crippen molar-refractivity contribution in [2.75, 3.05) is 0 Å². The molecule has 1 heteroatoms. The molecule has 126 valence electrons. The molecule has 0 fully saturated rings. The zero-order chi connectivity index (χ0) is 18.1. The van der Waals surface area contributed by atoms with Crippen LogP contribution < -0.4 is 0 Å². The van der Waals surface area contributed by atoms with E-state index in [0.29, 0.717) is 5.71 Å². The number of hydrogen-bond donors (Lipinski definition) is 1. The minimum atomic E-state index is 0.561. The molecule has 26 heavy (non-hydrogen) atoms. The minimum Gasteiger partial charge on any atom is -0.306 e. The van der Waals surface area contributed by atoms with Crippen LogP contribution in [0.5, 0.6) is 0 Å². The number of fused-ring (bicyclic) bond motifs is 1. The molecule has 2 aliphatic rings. The fraction of sp³-hybridized carbons (Fsp3) is 0.0800. The zero-order valence-corrected chi connectivity index (χ0v) is 15.1. The Kier molecular flexibility index (Phi) is 4.14. The van der Waals surface area contributed by atoms with Crippen LogP contribution in [0.4, 0.5) is 0 Å². The number of benzene rings is 2. The molecule has 0 atom stereocenters. The zero-order valence-electron chi connectivity index (χ0n) is 15.1. The average Bonchev–Trinajstić information content (AvgIpc) is 3.23. The molecule has 0 amide bonds. The lowest BCUT2D eigenvalue weighted by molar-refractivity contribution is 1.42. The molecule has 0 radical (unpaired) electrons. The van der Waals surface area contributed by atoms with Crippen LogP contribution in [0.25, 0.3) is 11.1 Å². The van der Waals surface area contributed by atoms with Gasteiger partial charge in [-0.25, -0.2) is 0 Å². The van der Waals surface area contributed by atoms with Crippen molar-refractivity contribution in [2.45, 2.75) is 13.8 Å². The summed E-state index contributed by atoms with van der Waals surface area (Å²) < 4.78 is 0. The van der Waals surface area contributed by atoms with E-state index in [9.17, 15) is 0 Å². The van der Waals surface area contributed by atoms with E-state index < -0.39 is 0 Å². The molecule has 2 aromatic carbocycles. The van der Waals surface area contributed by atoms with Crippen molar-refractivity contribution >= 4 is 16.9 Å². The van der Waals surface area contributed by atoms with Gasteiger partial charge in [0.1, 0.15) is 0 Å². The van der Waals surface area contributed by atoms with Gasteiger partial charge in [0.25, 0.3) is 0 Å². The molecule has 0 saturated carbocycles. The van der Waals surface area contributed by atoms with E-state index in [1.54, 1.807) is 0 Å². The lowest BCUT2D eigenvalue weighted by Gasteiger charge is -2.12. The second kappa shape index (κ2) is 6.61. The molecule has 1 N–H and O–H groups in total. The first kappa shape index (κ1) is 16.3. The minimum absolute atomic E-state index is 0.561. The van der Waals surface area contributed by atoms with Crippen LogP contribution in [0.1, 0.15) is 25.0 Å². The summed E-state index contributed by atoms with van der Waals surface area (Å²) in [5, 5.41) is 8.00. The first-order valence-electron chi connectivity index (χ1n) is 8.89. The Labute approximate surface area is 154 Å². The van der Waals surface area contributed by atoms with Crippen molar-refractivity contribution < 1.29 is 0 Å². The van der Waals surface area contributed by atoms with Crippen LogP contribution in [-0.2, 0) is 0 Å². The summed E-state index contributed by atoms with van der Waals surface area (Å²) in [5.41, 5.74) is 10.4. The summed E-state index contributed by atoms with van der Waals surface area (Å²) in [4.78, 5) is 0. The maximum atomic E-state index is 8.00. The van der Waals surface area contributed by atoms with Crippen molar-refractivity contribution in [2.24, 2.45) is 0 Å². The van der Waals surface area contributed by atoms with Crippen molar-refractivity contribution in [3.05, 3.63) is 118 Å². The van der Waals surface area contributed by atoms with E-state index in [0.717, 1.165) is 11.1 Å².